The molecular formula is C14H18BrN3O3. The fourth-order valence-corrected chi connectivity index (χ4v) is 2.76. The number of anilines is 1. The van der Waals surface area contributed by atoms with Gasteiger partial charge in [0.05, 0.1) is 5.56 Å². The summed E-state index contributed by atoms with van der Waals surface area (Å²) >= 11 is 3.36. The number of hydrogen-bond acceptors (Lipinski definition) is 4. The molecule has 7 heteroatoms. The molecule has 1 unspecified atom stereocenters. The van der Waals surface area contributed by atoms with Crippen molar-refractivity contribution >= 4 is 33.5 Å². The predicted octanol–water partition coefficient (Wildman–Crippen LogP) is 1.26. The molecule has 1 aliphatic rings. The average molecular weight is 356 g/mol. The lowest BCUT2D eigenvalue weighted by molar-refractivity contribution is -0.143. The molecule has 1 aromatic rings. The zero-order chi connectivity index (χ0) is 15.6. The Morgan fingerprint density at radius 2 is 1.90 bits per heavy atom. The zero-order valence-electron chi connectivity index (χ0n) is 11.8. The number of nitrogens with zero attached hydrogens (tertiary/aromatic N) is 2. The number of nitrogen functional groups attached to an aromatic ring is 1. The van der Waals surface area contributed by atoms with E-state index in [0.29, 0.717) is 41.9 Å². The summed E-state index contributed by atoms with van der Waals surface area (Å²) in [6.45, 7) is 3.79. The number of amides is 1. The van der Waals surface area contributed by atoms with Gasteiger partial charge in [0.25, 0.3) is 5.91 Å². The maximum Gasteiger partial charge on any atom is 0.320 e. The number of nitrogens with two attached hydrogens (primary N) is 1. The molecule has 1 atom stereocenters. The maximum atomic E-state index is 12.5. The van der Waals surface area contributed by atoms with Crippen LogP contribution in [0.4, 0.5) is 5.69 Å². The van der Waals surface area contributed by atoms with Crippen molar-refractivity contribution < 1.29 is 14.7 Å². The van der Waals surface area contributed by atoms with Crippen LogP contribution in [0.15, 0.2) is 22.7 Å². The fourth-order valence-electron chi connectivity index (χ4n) is 2.35. The van der Waals surface area contributed by atoms with Crippen LogP contribution in [0.5, 0.6) is 0 Å². The molecule has 0 spiro atoms. The highest BCUT2D eigenvalue weighted by Gasteiger charge is 2.28. The second-order valence-corrected chi connectivity index (χ2v) is 5.94. The molecule has 21 heavy (non-hydrogen) atoms. The molecule has 1 aromatic carbocycles. The molecule has 6 nitrogen and oxygen atoms in total. The van der Waals surface area contributed by atoms with Crippen molar-refractivity contribution in [3.05, 3.63) is 28.2 Å². The van der Waals surface area contributed by atoms with Gasteiger partial charge in [-0.25, -0.2) is 0 Å². The Balaban J connectivity index is 2.03. The summed E-state index contributed by atoms with van der Waals surface area (Å²) in [6.07, 6.45) is 0. The van der Waals surface area contributed by atoms with Gasteiger partial charge in [-0.2, -0.15) is 0 Å². The van der Waals surface area contributed by atoms with Crippen molar-refractivity contribution in [3.63, 3.8) is 0 Å². The number of benzene rings is 1. The summed E-state index contributed by atoms with van der Waals surface area (Å²) in [5.41, 5.74) is 6.80. The Labute approximate surface area is 131 Å². The van der Waals surface area contributed by atoms with Crippen LogP contribution in [0.2, 0.25) is 0 Å². The molecule has 0 radical (unpaired) electrons. The molecule has 0 aliphatic carbocycles. The lowest BCUT2D eigenvalue weighted by Crippen LogP contribution is -2.53. The molecule has 0 aromatic heterocycles. The number of piperazine rings is 1. The largest absolute Gasteiger partial charge is 0.480 e. The predicted molar refractivity (Wildman–Crippen MR) is 83.1 cm³/mol. The van der Waals surface area contributed by atoms with Gasteiger partial charge in [-0.05, 0) is 41.1 Å². The van der Waals surface area contributed by atoms with E-state index in [9.17, 15) is 9.59 Å². The highest BCUT2D eigenvalue weighted by molar-refractivity contribution is 9.10. The molecule has 2 rings (SSSR count). The van der Waals surface area contributed by atoms with Crippen LogP contribution in [-0.4, -0.2) is 59.0 Å². The molecule has 1 amide bonds. The number of carbonyl (C=O) groups is 2. The van der Waals surface area contributed by atoms with Crippen molar-refractivity contribution in [2.45, 2.75) is 13.0 Å². The first kappa shape index (κ1) is 15.8. The summed E-state index contributed by atoms with van der Waals surface area (Å²) in [7, 11) is 0. The van der Waals surface area contributed by atoms with Gasteiger partial charge < -0.3 is 15.7 Å². The van der Waals surface area contributed by atoms with Crippen LogP contribution in [0.1, 0.15) is 17.3 Å². The van der Waals surface area contributed by atoms with E-state index < -0.39 is 12.0 Å². The first-order chi connectivity index (χ1) is 9.90. The van der Waals surface area contributed by atoms with Gasteiger partial charge in [0.15, 0.2) is 0 Å². The van der Waals surface area contributed by atoms with Gasteiger partial charge in [-0.15, -0.1) is 0 Å². The number of carbonyl (C=O) groups excluding carboxylic acids is 1. The van der Waals surface area contributed by atoms with E-state index in [-0.39, 0.29) is 5.91 Å². The molecule has 1 heterocycles. The summed E-state index contributed by atoms with van der Waals surface area (Å²) in [6, 6.07) is 4.61. The van der Waals surface area contributed by atoms with Gasteiger partial charge >= 0.3 is 5.97 Å². The Hall–Kier alpha value is -1.60. The topological polar surface area (TPSA) is 86.9 Å². The average Bonchev–Trinajstić information content (AvgIpc) is 2.48. The summed E-state index contributed by atoms with van der Waals surface area (Å²) in [5.74, 6) is -0.926. The fraction of sp³-hybridized carbons (Fsp3) is 0.429. The van der Waals surface area contributed by atoms with Crippen LogP contribution >= 0.6 is 15.9 Å². The van der Waals surface area contributed by atoms with Crippen molar-refractivity contribution in [1.82, 2.24) is 9.80 Å². The van der Waals surface area contributed by atoms with Crippen molar-refractivity contribution in [2.24, 2.45) is 0 Å². The van der Waals surface area contributed by atoms with E-state index in [0.717, 1.165) is 0 Å². The molecule has 0 bridgehead atoms. The zero-order valence-corrected chi connectivity index (χ0v) is 13.3. The minimum atomic E-state index is -0.839. The molecule has 1 saturated heterocycles. The van der Waals surface area contributed by atoms with Gasteiger partial charge in [0, 0.05) is 36.3 Å². The number of hydrogen-bond donors (Lipinski definition) is 2. The molecule has 1 fully saturated rings. The van der Waals surface area contributed by atoms with E-state index in [1.54, 1.807) is 30.0 Å². The monoisotopic (exact) mass is 355 g/mol. The van der Waals surface area contributed by atoms with E-state index in [1.807, 2.05) is 4.90 Å². The number of aliphatic carboxylic acids is 1. The standard InChI is InChI=1S/C14H18BrN3O3/c1-9(14(20)21)17-4-6-18(7-5-17)13(19)11-8-10(16)2-3-12(11)15/h2-3,8-9H,4-7,16H2,1H3,(H,20,21). The first-order valence-corrected chi connectivity index (χ1v) is 7.50. The van der Waals surface area contributed by atoms with Crippen molar-refractivity contribution in [2.75, 3.05) is 31.9 Å². The Morgan fingerprint density at radius 1 is 1.29 bits per heavy atom. The first-order valence-electron chi connectivity index (χ1n) is 6.71. The number of halogens is 1. The molecule has 114 valence electrons. The second-order valence-electron chi connectivity index (χ2n) is 5.08. The molecule has 1 aliphatic heterocycles. The van der Waals surface area contributed by atoms with Crippen LogP contribution < -0.4 is 5.73 Å². The van der Waals surface area contributed by atoms with Crippen LogP contribution in [0.3, 0.4) is 0 Å². The van der Waals surface area contributed by atoms with Crippen molar-refractivity contribution in [1.29, 1.82) is 0 Å². The maximum absolute atomic E-state index is 12.5. The third-order valence-corrected chi connectivity index (χ3v) is 4.42. The smallest absolute Gasteiger partial charge is 0.320 e. The normalized spacial score (nSPS) is 17.5. The minimum absolute atomic E-state index is 0.0863. The van der Waals surface area contributed by atoms with Crippen LogP contribution in [0, 0.1) is 0 Å². The van der Waals surface area contributed by atoms with Gasteiger partial charge in [0.2, 0.25) is 0 Å². The Kier molecular flexibility index (Phi) is 4.84. The number of carboxylic acids is 1. The van der Waals surface area contributed by atoms with Gasteiger partial charge in [-0.1, -0.05) is 0 Å². The lowest BCUT2D eigenvalue weighted by Gasteiger charge is -2.36. The molecule has 3 N–H and O–H groups in total. The Morgan fingerprint density at radius 3 is 2.48 bits per heavy atom. The quantitative estimate of drug-likeness (QED) is 0.797. The minimum Gasteiger partial charge on any atom is -0.480 e. The second kappa shape index (κ2) is 6.44. The van der Waals surface area contributed by atoms with Gasteiger partial charge in [-0.3, -0.25) is 14.5 Å². The highest BCUT2D eigenvalue weighted by Crippen LogP contribution is 2.22. The SMILES string of the molecule is CC(C(=O)O)N1CCN(C(=O)c2cc(N)ccc2Br)CC1. The summed E-state index contributed by atoms with van der Waals surface area (Å²) in [4.78, 5) is 27.1. The Bertz CT molecular complexity index is 556. The van der Waals surface area contributed by atoms with Gasteiger partial charge in [0.1, 0.15) is 6.04 Å². The van der Waals surface area contributed by atoms with E-state index in [1.165, 1.54) is 0 Å². The molecular weight excluding hydrogens is 338 g/mol. The highest BCUT2D eigenvalue weighted by atomic mass is 79.9. The number of rotatable bonds is 3. The van der Waals surface area contributed by atoms with E-state index in [2.05, 4.69) is 15.9 Å². The summed E-state index contributed by atoms with van der Waals surface area (Å²) in [5, 5.41) is 9.01. The molecule has 0 saturated carbocycles. The van der Waals surface area contributed by atoms with Crippen LogP contribution in [-0.2, 0) is 4.79 Å². The number of carboxylic acid groups (broad SMARTS) is 1. The third kappa shape index (κ3) is 3.54. The van der Waals surface area contributed by atoms with Crippen LogP contribution in [0.25, 0.3) is 0 Å². The lowest BCUT2D eigenvalue weighted by atomic mass is 10.1. The van der Waals surface area contributed by atoms with Crippen molar-refractivity contribution in [3.8, 4) is 0 Å². The van der Waals surface area contributed by atoms with E-state index in [4.69, 9.17) is 10.8 Å². The van der Waals surface area contributed by atoms with E-state index >= 15 is 0 Å². The third-order valence-electron chi connectivity index (χ3n) is 3.73. The summed E-state index contributed by atoms with van der Waals surface area (Å²) < 4.78 is 0.711.